The summed E-state index contributed by atoms with van der Waals surface area (Å²) in [6.07, 6.45) is 3.61. The second-order valence-corrected chi connectivity index (χ2v) is 9.75. The van der Waals surface area contributed by atoms with Crippen molar-refractivity contribution in [2.24, 2.45) is 5.41 Å². The van der Waals surface area contributed by atoms with Gasteiger partial charge in [-0.1, -0.05) is 38.1 Å². The van der Waals surface area contributed by atoms with E-state index >= 15 is 0 Å². The number of hydrogen-bond acceptors (Lipinski definition) is 4. The first-order chi connectivity index (χ1) is 12.5. The molecule has 4 heteroatoms. The van der Waals surface area contributed by atoms with Crippen LogP contribution in [0.25, 0.3) is 0 Å². The Balaban J connectivity index is 1.85. The maximum atomic E-state index is 13.1. The Morgan fingerprint density at radius 2 is 1.81 bits per heavy atom. The molecule has 0 radical (unpaired) electrons. The van der Waals surface area contributed by atoms with E-state index in [2.05, 4.69) is 74.0 Å². The second-order valence-electron chi connectivity index (χ2n) is 7.73. The van der Waals surface area contributed by atoms with Crippen LogP contribution in [0.4, 0.5) is 5.69 Å². The minimum absolute atomic E-state index is 0.000124. The summed E-state index contributed by atoms with van der Waals surface area (Å²) in [6, 6.07) is 17.0. The summed E-state index contributed by atoms with van der Waals surface area (Å²) in [4.78, 5) is 15.6. The number of thioether (sulfide) groups is 2. The molecule has 134 valence electrons. The lowest BCUT2D eigenvalue weighted by Gasteiger charge is -2.33. The summed E-state index contributed by atoms with van der Waals surface area (Å²) in [7, 11) is 0. The molecule has 26 heavy (non-hydrogen) atoms. The number of nitrogens with one attached hydrogen (secondary N) is 1. The van der Waals surface area contributed by atoms with Gasteiger partial charge in [-0.3, -0.25) is 4.79 Å². The van der Waals surface area contributed by atoms with Crippen molar-refractivity contribution in [1.82, 2.24) is 0 Å². The molecule has 2 aliphatic rings. The zero-order valence-electron chi connectivity index (χ0n) is 15.3. The lowest BCUT2D eigenvalue weighted by atomic mass is 9.74. The van der Waals surface area contributed by atoms with Crippen molar-refractivity contribution in [3.05, 3.63) is 65.4 Å². The molecule has 1 N–H and O–H groups in total. The van der Waals surface area contributed by atoms with E-state index < -0.39 is 0 Å². The fraction of sp³-hybridized carbons (Fsp3) is 0.318. The van der Waals surface area contributed by atoms with Gasteiger partial charge in [-0.2, -0.15) is 0 Å². The van der Waals surface area contributed by atoms with Crippen molar-refractivity contribution in [2.75, 3.05) is 11.6 Å². The van der Waals surface area contributed by atoms with Crippen LogP contribution in [-0.2, 0) is 4.79 Å². The lowest BCUT2D eigenvalue weighted by molar-refractivity contribution is -0.118. The minimum Gasteiger partial charge on any atom is -0.358 e. The van der Waals surface area contributed by atoms with Gasteiger partial charge in [0.2, 0.25) is 0 Å². The quantitative estimate of drug-likeness (QED) is 0.617. The summed E-state index contributed by atoms with van der Waals surface area (Å²) in [5.41, 5.74) is 4.37. The van der Waals surface area contributed by atoms with Gasteiger partial charge in [0, 0.05) is 27.5 Å². The number of carbonyl (C=O) groups is 1. The van der Waals surface area contributed by atoms with E-state index in [1.807, 2.05) is 0 Å². The van der Waals surface area contributed by atoms with Crippen LogP contribution in [0.15, 0.2) is 69.6 Å². The highest BCUT2D eigenvalue weighted by atomic mass is 32.2. The van der Waals surface area contributed by atoms with Gasteiger partial charge in [0.05, 0.1) is 10.9 Å². The van der Waals surface area contributed by atoms with Gasteiger partial charge >= 0.3 is 0 Å². The molecule has 0 bridgehead atoms. The fourth-order valence-electron chi connectivity index (χ4n) is 3.78. The molecule has 2 aromatic carbocycles. The molecule has 2 nitrogen and oxygen atoms in total. The van der Waals surface area contributed by atoms with Crippen LogP contribution >= 0.6 is 23.5 Å². The summed E-state index contributed by atoms with van der Waals surface area (Å²) < 4.78 is 0. The number of allylic oxidation sites excluding steroid dienone is 1. The Kier molecular flexibility index (Phi) is 4.66. The predicted molar refractivity (Wildman–Crippen MR) is 112 cm³/mol. The zero-order chi connectivity index (χ0) is 18.3. The number of rotatable bonds is 2. The largest absolute Gasteiger partial charge is 0.358 e. The highest BCUT2D eigenvalue weighted by Crippen LogP contribution is 2.51. The second kappa shape index (κ2) is 6.82. The molecule has 1 aliphatic carbocycles. The topological polar surface area (TPSA) is 29.1 Å². The summed E-state index contributed by atoms with van der Waals surface area (Å²) in [6.45, 7) is 4.37. The SMILES string of the molecule is CSc1ccc([C@H]2Sc3ccccc3NC3=C2C(=O)CC(C)(C)C3)cc1. The van der Waals surface area contributed by atoms with Crippen molar-refractivity contribution in [2.45, 2.75) is 41.7 Å². The molecule has 0 amide bonds. The number of ketones is 1. The highest BCUT2D eigenvalue weighted by molar-refractivity contribution is 8.00. The Bertz CT molecular complexity index is 883. The molecule has 4 rings (SSSR count). The zero-order valence-corrected chi connectivity index (χ0v) is 17.0. The van der Waals surface area contributed by atoms with Crippen LogP contribution in [0.5, 0.6) is 0 Å². The first-order valence-corrected chi connectivity index (χ1v) is 11.0. The summed E-state index contributed by atoms with van der Waals surface area (Å²) in [5, 5.41) is 3.65. The predicted octanol–water partition coefficient (Wildman–Crippen LogP) is 6.31. The van der Waals surface area contributed by atoms with E-state index in [4.69, 9.17) is 0 Å². The van der Waals surface area contributed by atoms with Crippen LogP contribution in [0, 0.1) is 5.41 Å². The number of Topliss-reactive ketones (excluding diaryl/α,β-unsaturated/α-hetero) is 1. The van der Waals surface area contributed by atoms with Crippen LogP contribution in [0.2, 0.25) is 0 Å². The molecule has 0 unspecified atom stereocenters. The van der Waals surface area contributed by atoms with E-state index in [1.54, 1.807) is 23.5 Å². The average Bonchev–Trinajstić information content (AvgIpc) is 2.77. The smallest absolute Gasteiger partial charge is 0.162 e. The van der Waals surface area contributed by atoms with Crippen LogP contribution in [0.3, 0.4) is 0 Å². The van der Waals surface area contributed by atoms with Gasteiger partial charge in [0.1, 0.15) is 0 Å². The van der Waals surface area contributed by atoms with Gasteiger partial charge in [-0.05, 0) is 47.9 Å². The van der Waals surface area contributed by atoms with E-state index in [0.717, 1.165) is 23.4 Å². The monoisotopic (exact) mass is 381 g/mol. The number of hydrogen-bond donors (Lipinski definition) is 1. The fourth-order valence-corrected chi connectivity index (χ4v) is 5.54. The Morgan fingerprint density at radius 3 is 2.54 bits per heavy atom. The van der Waals surface area contributed by atoms with Gasteiger partial charge in [0.25, 0.3) is 0 Å². The Morgan fingerprint density at radius 1 is 1.08 bits per heavy atom. The Hall–Kier alpha value is -1.65. The maximum absolute atomic E-state index is 13.1. The molecule has 1 heterocycles. The molecule has 2 aromatic rings. The van der Waals surface area contributed by atoms with Crippen molar-refractivity contribution in [1.29, 1.82) is 0 Å². The minimum atomic E-state index is 0.000124. The number of fused-ring (bicyclic) bond motifs is 1. The van der Waals surface area contributed by atoms with E-state index in [0.29, 0.717) is 6.42 Å². The number of anilines is 1. The molecule has 1 aliphatic heterocycles. The molecular weight excluding hydrogens is 358 g/mol. The number of carbonyl (C=O) groups excluding carboxylic acids is 1. The standard InChI is InChI=1S/C22H23NOS2/c1-22(2)12-17-20(18(24)13-22)21(14-8-10-15(25-3)11-9-14)26-19-7-5-4-6-16(19)23-17/h4-11,21,23H,12-13H2,1-3H3/t21-/m1/s1. The van der Waals surface area contributed by atoms with E-state index in [9.17, 15) is 4.79 Å². The maximum Gasteiger partial charge on any atom is 0.162 e. The number of benzene rings is 2. The average molecular weight is 382 g/mol. The first kappa shape index (κ1) is 17.7. The van der Waals surface area contributed by atoms with E-state index in [-0.39, 0.29) is 16.4 Å². The van der Waals surface area contributed by atoms with Crippen LogP contribution < -0.4 is 5.32 Å². The third-order valence-electron chi connectivity index (χ3n) is 5.02. The van der Waals surface area contributed by atoms with Crippen LogP contribution in [0.1, 0.15) is 37.5 Å². The molecule has 0 fully saturated rings. The normalized spacial score (nSPS) is 21.5. The van der Waals surface area contributed by atoms with Crippen LogP contribution in [-0.4, -0.2) is 12.0 Å². The van der Waals surface area contributed by atoms with Gasteiger partial charge in [-0.15, -0.1) is 23.5 Å². The molecule has 0 saturated heterocycles. The molecule has 0 aromatic heterocycles. The van der Waals surface area contributed by atoms with Crippen molar-refractivity contribution in [3.8, 4) is 0 Å². The van der Waals surface area contributed by atoms with Gasteiger partial charge in [0.15, 0.2) is 5.78 Å². The first-order valence-electron chi connectivity index (χ1n) is 8.90. The molecule has 0 spiro atoms. The van der Waals surface area contributed by atoms with Crippen molar-refractivity contribution < 1.29 is 4.79 Å². The van der Waals surface area contributed by atoms with E-state index in [1.165, 1.54) is 15.4 Å². The van der Waals surface area contributed by atoms with Crippen molar-refractivity contribution >= 4 is 35.0 Å². The molecular formula is C22H23NOS2. The number of para-hydroxylation sites is 1. The Labute approximate surface area is 163 Å². The third-order valence-corrected chi connectivity index (χ3v) is 7.12. The summed E-state index contributed by atoms with van der Waals surface area (Å²) in [5.74, 6) is 0.281. The third kappa shape index (κ3) is 3.33. The highest BCUT2D eigenvalue weighted by Gasteiger charge is 2.39. The summed E-state index contributed by atoms with van der Waals surface area (Å²) >= 11 is 3.53. The molecule has 1 atom stereocenters. The van der Waals surface area contributed by atoms with Crippen molar-refractivity contribution in [3.63, 3.8) is 0 Å². The lowest BCUT2D eigenvalue weighted by Crippen LogP contribution is -2.29. The molecule has 0 saturated carbocycles. The van der Waals surface area contributed by atoms with Gasteiger partial charge < -0.3 is 5.32 Å². The van der Waals surface area contributed by atoms with Gasteiger partial charge in [-0.25, -0.2) is 0 Å².